The standard InChI is InChI=1S/C27H31N3O8S/c1-18-5-8-22(9-6-18)39(33,34)30-13-11-29(12-14-30)26(31)17-37-27(32)21-7-10-24(25(15-21)35-4)36-16-23-19(2)28-38-20(23)3/h5-10,15H,11-14,16-17H2,1-4H3. The van der Waals surface area contributed by atoms with Crippen molar-refractivity contribution in [2.75, 3.05) is 39.9 Å². The van der Waals surface area contributed by atoms with Gasteiger partial charge >= 0.3 is 5.97 Å². The number of carbonyl (C=O) groups excluding carboxylic acids is 2. The summed E-state index contributed by atoms with van der Waals surface area (Å²) >= 11 is 0. The van der Waals surface area contributed by atoms with Crippen LogP contribution in [0.2, 0.25) is 0 Å². The van der Waals surface area contributed by atoms with Crippen LogP contribution in [0.15, 0.2) is 51.9 Å². The largest absolute Gasteiger partial charge is 0.493 e. The third-order valence-electron chi connectivity index (χ3n) is 6.53. The zero-order valence-electron chi connectivity index (χ0n) is 22.3. The molecule has 0 radical (unpaired) electrons. The molecule has 1 amide bonds. The van der Waals surface area contributed by atoms with Gasteiger partial charge in [0.1, 0.15) is 12.4 Å². The molecule has 0 bridgehead atoms. The highest BCUT2D eigenvalue weighted by Crippen LogP contribution is 2.30. The summed E-state index contributed by atoms with van der Waals surface area (Å²) in [5.41, 5.74) is 2.71. The number of aryl methyl sites for hydroxylation is 3. The Bertz CT molecular complexity index is 1420. The van der Waals surface area contributed by atoms with Gasteiger partial charge in [-0.1, -0.05) is 22.9 Å². The first-order valence-corrected chi connectivity index (χ1v) is 13.8. The minimum absolute atomic E-state index is 0.155. The second-order valence-corrected chi connectivity index (χ2v) is 11.1. The first kappa shape index (κ1) is 28.1. The number of piperazine rings is 1. The number of nitrogens with zero attached hydrogens (tertiary/aromatic N) is 3. The second kappa shape index (κ2) is 11.9. The fourth-order valence-electron chi connectivity index (χ4n) is 4.11. The summed E-state index contributed by atoms with van der Waals surface area (Å²) in [4.78, 5) is 27.0. The number of methoxy groups -OCH3 is 1. The smallest absolute Gasteiger partial charge is 0.338 e. The van der Waals surface area contributed by atoms with Crippen LogP contribution in [0.5, 0.6) is 11.5 Å². The van der Waals surface area contributed by atoms with Gasteiger partial charge in [0.25, 0.3) is 5.91 Å². The molecule has 12 heteroatoms. The van der Waals surface area contributed by atoms with Gasteiger partial charge in [-0.2, -0.15) is 4.31 Å². The van der Waals surface area contributed by atoms with E-state index in [1.807, 2.05) is 13.8 Å². The molecule has 0 aliphatic carbocycles. The minimum atomic E-state index is -3.64. The van der Waals surface area contributed by atoms with Crippen molar-refractivity contribution < 1.29 is 36.7 Å². The number of rotatable bonds is 9. The maximum absolute atomic E-state index is 12.9. The van der Waals surface area contributed by atoms with Crippen LogP contribution in [0.3, 0.4) is 0 Å². The highest BCUT2D eigenvalue weighted by atomic mass is 32.2. The van der Waals surface area contributed by atoms with E-state index in [9.17, 15) is 18.0 Å². The zero-order chi connectivity index (χ0) is 28.2. The van der Waals surface area contributed by atoms with Gasteiger partial charge in [0.2, 0.25) is 10.0 Å². The number of hydrogen-bond acceptors (Lipinski definition) is 9. The summed E-state index contributed by atoms with van der Waals surface area (Å²) in [7, 11) is -2.19. The first-order valence-electron chi connectivity index (χ1n) is 12.3. The van der Waals surface area contributed by atoms with Crippen LogP contribution in [0, 0.1) is 20.8 Å². The van der Waals surface area contributed by atoms with Crippen molar-refractivity contribution in [2.24, 2.45) is 0 Å². The van der Waals surface area contributed by atoms with E-state index in [0.717, 1.165) is 16.8 Å². The molecule has 1 saturated heterocycles. The Morgan fingerprint density at radius 2 is 1.67 bits per heavy atom. The molecule has 1 aliphatic rings. The monoisotopic (exact) mass is 557 g/mol. The van der Waals surface area contributed by atoms with Crippen molar-refractivity contribution in [2.45, 2.75) is 32.3 Å². The molecule has 2 heterocycles. The predicted molar refractivity (Wildman–Crippen MR) is 140 cm³/mol. The van der Waals surface area contributed by atoms with Crippen molar-refractivity contribution >= 4 is 21.9 Å². The number of esters is 1. The lowest BCUT2D eigenvalue weighted by Crippen LogP contribution is -2.51. The van der Waals surface area contributed by atoms with Crippen LogP contribution in [0.25, 0.3) is 0 Å². The lowest BCUT2D eigenvalue weighted by atomic mass is 10.2. The van der Waals surface area contributed by atoms with E-state index >= 15 is 0 Å². The topological polar surface area (TPSA) is 128 Å². The van der Waals surface area contributed by atoms with E-state index in [1.54, 1.807) is 37.3 Å². The first-order chi connectivity index (χ1) is 18.6. The summed E-state index contributed by atoms with van der Waals surface area (Å²) in [5.74, 6) is 0.310. The quantitative estimate of drug-likeness (QED) is 0.365. The summed E-state index contributed by atoms with van der Waals surface area (Å²) in [6.07, 6.45) is 0. The molecule has 0 atom stereocenters. The lowest BCUT2D eigenvalue weighted by molar-refractivity contribution is -0.135. The third-order valence-corrected chi connectivity index (χ3v) is 8.44. The van der Waals surface area contributed by atoms with Crippen LogP contribution in [0.4, 0.5) is 0 Å². The molecule has 0 saturated carbocycles. The van der Waals surface area contributed by atoms with Crippen LogP contribution in [-0.2, 0) is 26.2 Å². The van der Waals surface area contributed by atoms with Gasteiger partial charge in [-0.05, 0) is 51.1 Å². The average Bonchev–Trinajstić information content (AvgIpc) is 3.27. The van der Waals surface area contributed by atoms with Gasteiger partial charge < -0.3 is 23.6 Å². The molecule has 1 aliphatic heterocycles. The fourth-order valence-corrected chi connectivity index (χ4v) is 5.53. The molecule has 1 fully saturated rings. The van der Waals surface area contributed by atoms with Gasteiger partial charge in [-0.3, -0.25) is 4.79 Å². The van der Waals surface area contributed by atoms with E-state index < -0.39 is 28.5 Å². The molecule has 39 heavy (non-hydrogen) atoms. The fraction of sp³-hybridized carbons (Fsp3) is 0.370. The Labute approximate surface area is 227 Å². The maximum Gasteiger partial charge on any atom is 0.338 e. The highest BCUT2D eigenvalue weighted by Gasteiger charge is 2.30. The Hall–Kier alpha value is -3.90. The van der Waals surface area contributed by atoms with Crippen molar-refractivity contribution in [1.82, 2.24) is 14.4 Å². The SMILES string of the molecule is COc1cc(C(=O)OCC(=O)N2CCN(S(=O)(=O)c3ccc(C)cc3)CC2)ccc1OCc1c(C)noc1C. The minimum Gasteiger partial charge on any atom is -0.493 e. The molecule has 3 aromatic rings. The number of benzene rings is 2. The van der Waals surface area contributed by atoms with Crippen LogP contribution in [-0.4, -0.2) is 74.6 Å². The lowest BCUT2D eigenvalue weighted by Gasteiger charge is -2.33. The summed E-state index contributed by atoms with van der Waals surface area (Å²) in [6.45, 7) is 5.97. The normalized spacial score (nSPS) is 14.2. The second-order valence-electron chi connectivity index (χ2n) is 9.13. The molecule has 2 aromatic carbocycles. The zero-order valence-corrected chi connectivity index (χ0v) is 23.1. The molecule has 0 spiro atoms. The highest BCUT2D eigenvalue weighted by molar-refractivity contribution is 7.89. The Morgan fingerprint density at radius 1 is 0.974 bits per heavy atom. The Kier molecular flexibility index (Phi) is 8.56. The molecular weight excluding hydrogens is 526 g/mol. The van der Waals surface area contributed by atoms with Crippen molar-refractivity contribution in [1.29, 1.82) is 0 Å². The van der Waals surface area contributed by atoms with E-state index in [0.29, 0.717) is 17.3 Å². The van der Waals surface area contributed by atoms with Gasteiger partial charge in [-0.15, -0.1) is 0 Å². The predicted octanol–water partition coefficient (Wildman–Crippen LogP) is 2.88. The van der Waals surface area contributed by atoms with Crippen molar-refractivity contribution in [3.63, 3.8) is 0 Å². The molecule has 0 unspecified atom stereocenters. The molecule has 1 aromatic heterocycles. The maximum atomic E-state index is 12.9. The van der Waals surface area contributed by atoms with Crippen LogP contribution < -0.4 is 9.47 Å². The summed E-state index contributed by atoms with van der Waals surface area (Å²) < 4.78 is 48.7. The number of amides is 1. The molecule has 0 N–H and O–H groups in total. The van der Waals surface area contributed by atoms with E-state index in [2.05, 4.69) is 5.16 Å². The molecule has 208 valence electrons. The molecule has 11 nitrogen and oxygen atoms in total. The van der Waals surface area contributed by atoms with Crippen LogP contribution in [0.1, 0.15) is 32.9 Å². The van der Waals surface area contributed by atoms with E-state index in [4.69, 9.17) is 18.7 Å². The molecule has 4 rings (SSSR count). The number of aromatic nitrogens is 1. The summed E-state index contributed by atoms with van der Waals surface area (Å²) in [5, 5.41) is 3.90. The number of hydrogen-bond donors (Lipinski definition) is 0. The van der Waals surface area contributed by atoms with Gasteiger partial charge in [0.15, 0.2) is 18.1 Å². The van der Waals surface area contributed by atoms with Gasteiger partial charge in [0.05, 0.1) is 28.8 Å². The van der Waals surface area contributed by atoms with E-state index in [1.165, 1.54) is 28.4 Å². The van der Waals surface area contributed by atoms with Crippen LogP contribution >= 0.6 is 0 Å². The van der Waals surface area contributed by atoms with Gasteiger partial charge in [0, 0.05) is 26.2 Å². The number of sulfonamides is 1. The van der Waals surface area contributed by atoms with Gasteiger partial charge in [-0.25, -0.2) is 13.2 Å². The average molecular weight is 558 g/mol. The van der Waals surface area contributed by atoms with Crippen molar-refractivity contribution in [3.8, 4) is 11.5 Å². The molecular formula is C27H31N3O8S. The Balaban J connectivity index is 1.29. The number of ether oxygens (including phenoxy) is 3. The van der Waals surface area contributed by atoms with E-state index in [-0.39, 0.29) is 43.2 Å². The third kappa shape index (κ3) is 6.40. The Morgan fingerprint density at radius 3 is 2.28 bits per heavy atom. The number of carbonyl (C=O) groups is 2. The summed E-state index contributed by atoms with van der Waals surface area (Å²) in [6, 6.07) is 11.2. The van der Waals surface area contributed by atoms with Crippen molar-refractivity contribution in [3.05, 3.63) is 70.6 Å².